The molecule has 3 heterocycles. The van der Waals surface area contributed by atoms with Crippen molar-refractivity contribution in [1.29, 1.82) is 0 Å². The van der Waals surface area contributed by atoms with Crippen LogP contribution < -0.4 is 4.90 Å². The molecule has 2 aromatic carbocycles. The number of carbonyl (C=O) groups excluding carboxylic acids is 4. The Morgan fingerprint density at radius 1 is 0.879 bits per heavy atom. The maximum absolute atomic E-state index is 13.8. The molecule has 168 valence electrons. The number of carbonyl (C=O) groups is 4. The van der Waals surface area contributed by atoms with E-state index in [0.29, 0.717) is 11.3 Å². The molecule has 0 saturated carbocycles. The van der Waals surface area contributed by atoms with Gasteiger partial charge in [-0.2, -0.15) is 0 Å². The molecule has 2 aromatic rings. The van der Waals surface area contributed by atoms with Gasteiger partial charge in [0.25, 0.3) is 0 Å². The predicted molar refractivity (Wildman–Crippen MR) is 124 cm³/mol. The van der Waals surface area contributed by atoms with E-state index in [1.807, 2.05) is 62.2 Å². The van der Waals surface area contributed by atoms with Gasteiger partial charge in [0, 0.05) is 17.2 Å². The van der Waals surface area contributed by atoms with E-state index in [1.165, 1.54) is 11.8 Å². The minimum absolute atomic E-state index is 0.0565. The number of hydrogen-bond acceptors (Lipinski definition) is 5. The maximum Gasteiger partial charge on any atom is 0.240 e. The van der Waals surface area contributed by atoms with Crippen molar-refractivity contribution in [1.82, 2.24) is 4.90 Å². The van der Waals surface area contributed by atoms with Gasteiger partial charge in [0.2, 0.25) is 11.8 Å². The first kappa shape index (κ1) is 21.3. The molecule has 6 nitrogen and oxygen atoms in total. The minimum Gasteiger partial charge on any atom is -0.359 e. The van der Waals surface area contributed by atoms with Gasteiger partial charge in [-0.25, -0.2) is 4.90 Å². The van der Waals surface area contributed by atoms with Crippen molar-refractivity contribution in [3.05, 3.63) is 71.4 Å². The second kappa shape index (κ2) is 7.24. The van der Waals surface area contributed by atoms with Crippen LogP contribution in [0.4, 0.5) is 5.69 Å². The van der Waals surface area contributed by atoms with E-state index < -0.39 is 23.3 Å². The highest BCUT2D eigenvalue weighted by Gasteiger charge is 2.65. The number of rotatable bonds is 3. The second-order valence-corrected chi connectivity index (χ2v) is 10.1. The summed E-state index contributed by atoms with van der Waals surface area (Å²) in [6.45, 7) is 7.01. The molecule has 0 aromatic heterocycles. The van der Waals surface area contributed by atoms with Crippen LogP contribution in [0.2, 0.25) is 0 Å². The van der Waals surface area contributed by atoms with Crippen LogP contribution in [0.15, 0.2) is 54.7 Å². The monoisotopic (exact) mass is 442 g/mol. The molecule has 5 rings (SSSR count). The Labute approximate surface area is 192 Å². The Morgan fingerprint density at radius 2 is 1.52 bits per heavy atom. The summed E-state index contributed by atoms with van der Waals surface area (Å²) in [6, 6.07) is 13.2. The third-order valence-corrected chi connectivity index (χ3v) is 7.00. The van der Waals surface area contributed by atoms with Crippen molar-refractivity contribution in [3.63, 3.8) is 0 Å². The van der Waals surface area contributed by atoms with Crippen molar-refractivity contribution in [2.24, 2.45) is 17.3 Å². The average Bonchev–Trinajstić information content (AvgIpc) is 3.25. The summed E-state index contributed by atoms with van der Waals surface area (Å²) in [4.78, 5) is 55.9. The third-order valence-electron chi connectivity index (χ3n) is 7.00. The zero-order valence-corrected chi connectivity index (χ0v) is 19.1. The van der Waals surface area contributed by atoms with E-state index in [-0.39, 0.29) is 29.4 Å². The smallest absolute Gasteiger partial charge is 0.240 e. The summed E-state index contributed by atoms with van der Waals surface area (Å²) >= 11 is 0. The number of anilines is 1. The molecule has 3 aliphatic rings. The Morgan fingerprint density at radius 3 is 2.15 bits per heavy atom. The molecule has 0 bridgehead atoms. The number of ketones is 2. The van der Waals surface area contributed by atoms with Gasteiger partial charge in [-0.3, -0.25) is 19.2 Å². The summed E-state index contributed by atoms with van der Waals surface area (Å²) in [5, 5.41) is 0. The van der Waals surface area contributed by atoms with Crippen LogP contribution in [-0.4, -0.2) is 34.3 Å². The lowest BCUT2D eigenvalue weighted by atomic mass is 9.79. The summed E-state index contributed by atoms with van der Waals surface area (Å²) < 4.78 is 0. The van der Waals surface area contributed by atoms with Gasteiger partial charge in [0.15, 0.2) is 11.6 Å². The van der Waals surface area contributed by atoms with Crippen LogP contribution in [0.3, 0.4) is 0 Å². The SMILES string of the molecule is CC(=O)c1ccc(N2C(=O)[C@H]3[C@@H](C2=O)C2c4ccccc4C=CN2[C@H]3C(=O)C(C)(C)C)cc1. The van der Waals surface area contributed by atoms with Crippen molar-refractivity contribution < 1.29 is 19.2 Å². The fourth-order valence-electron chi connectivity index (χ4n) is 5.40. The maximum atomic E-state index is 13.8. The predicted octanol–water partition coefficient (Wildman–Crippen LogP) is 4.02. The molecule has 6 heteroatoms. The lowest BCUT2D eigenvalue weighted by molar-refractivity contribution is -0.135. The average molecular weight is 443 g/mol. The molecule has 2 amide bonds. The van der Waals surface area contributed by atoms with E-state index in [9.17, 15) is 19.2 Å². The number of Topliss-reactive ketones (excluding diaryl/α,β-unsaturated/α-hetero) is 2. The van der Waals surface area contributed by atoms with Crippen molar-refractivity contribution in [3.8, 4) is 0 Å². The Hall–Kier alpha value is -3.54. The van der Waals surface area contributed by atoms with Crippen LogP contribution in [0, 0.1) is 17.3 Å². The molecular weight excluding hydrogens is 416 g/mol. The normalized spacial score (nSPS) is 25.7. The van der Waals surface area contributed by atoms with Crippen LogP contribution in [-0.2, 0) is 14.4 Å². The van der Waals surface area contributed by atoms with E-state index >= 15 is 0 Å². The van der Waals surface area contributed by atoms with E-state index in [0.717, 1.165) is 11.1 Å². The summed E-state index contributed by atoms with van der Waals surface area (Å²) in [5.41, 5.74) is 2.21. The number of benzene rings is 2. The molecule has 1 unspecified atom stereocenters. The molecule has 0 N–H and O–H groups in total. The Bertz CT molecular complexity index is 1220. The molecule has 4 atom stereocenters. The van der Waals surface area contributed by atoms with Crippen molar-refractivity contribution >= 4 is 35.1 Å². The Balaban J connectivity index is 1.63. The molecule has 0 aliphatic carbocycles. The van der Waals surface area contributed by atoms with Gasteiger partial charge in [-0.15, -0.1) is 0 Å². The molecule has 0 spiro atoms. The summed E-state index contributed by atoms with van der Waals surface area (Å²) in [5.74, 6) is -2.23. The number of nitrogens with zero attached hydrogens (tertiary/aromatic N) is 2. The third kappa shape index (κ3) is 3.08. The zero-order chi connectivity index (χ0) is 23.7. The van der Waals surface area contributed by atoms with Gasteiger partial charge in [-0.05, 0) is 48.4 Å². The van der Waals surface area contributed by atoms with Crippen LogP contribution in [0.25, 0.3) is 6.08 Å². The first-order chi connectivity index (χ1) is 15.6. The van der Waals surface area contributed by atoms with Crippen LogP contribution >= 0.6 is 0 Å². The molecule has 3 aliphatic heterocycles. The van der Waals surface area contributed by atoms with E-state index in [2.05, 4.69) is 0 Å². The molecule has 2 fully saturated rings. The number of fused-ring (bicyclic) bond motifs is 5. The highest BCUT2D eigenvalue weighted by Crippen LogP contribution is 2.54. The van der Waals surface area contributed by atoms with E-state index in [4.69, 9.17) is 0 Å². The molecular formula is C27H26N2O4. The van der Waals surface area contributed by atoms with Gasteiger partial charge < -0.3 is 4.90 Å². The van der Waals surface area contributed by atoms with Gasteiger partial charge in [0.05, 0.1) is 23.6 Å². The van der Waals surface area contributed by atoms with Crippen LogP contribution in [0.5, 0.6) is 0 Å². The topological polar surface area (TPSA) is 74.8 Å². The molecule has 2 saturated heterocycles. The summed E-state index contributed by atoms with van der Waals surface area (Å²) in [7, 11) is 0. The van der Waals surface area contributed by atoms with Gasteiger partial charge in [-0.1, -0.05) is 45.0 Å². The van der Waals surface area contributed by atoms with Gasteiger partial charge in [0.1, 0.15) is 6.04 Å². The minimum atomic E-state index is -0.766. The lowest BCUT2D eigenvalue weighted by Crippen LogP contribution is -2.47. The van der Waals surface area contributed by atoms with Crippen molar-refractivity contribution in [2.75, 3.05) is 4.90 Å². The number of imide groups is 1. The van der Waals surface area contributed by atoms with Crippen LogP contribution in [0.1, 0.15) is 55.2 Å². The first-order valence-corrected chi connectivity index (χ1v) is 11.2. The zero-order valence-electron chi connectivity index (χ0n) is 19.1. The number of hydrogen-bond donors (Lipinski definition) is 0. The van der Waals surface area contributed by atoms with Crippen molar-refractivity contribution in [2.45, 2.75) is 39.8 Å². The summed E-state index contributed by atoms with van der Waals surface area (Å²) in [6.07, 6.45) is 3.81. The van der Waals surface area contributed by atoms with E-state index in [1.54, 1.807) is 24.3 Å². The second-order valence-electron chi connectivity index (χ2n) is 10.1. The quantitative estimate of drug-likeness (QED) is 0.530. The first-order valence-electron chi connectivity index (χ1n) is 11.2. The highest BCUT2D eigenvalue weighted by molar-refractivity contribution is 6.24. The largest absolute Gasteiger partial charge is 0.359 e. The molecule has 33 heavy (non-hydrogen) atoms. The lowest BCUT2D eigenvalue weighted by Gasteiger charge is -2.37. The van der Waals surface area contributed by atoms with Gasteiger partial charge >= 0.3 is 0 Å². The highest BCUT2D eigenvalue weighted by atomic mass is 16.2. The fraction of sp³-hybridized carbons (Fsp3) is 0.333. The fourth-order valence-corrected chi connectivity index (χ4v) is 5.40. The number of amides is 2. The standard InChI is InChI=1S/C27H26N2O4/c1-15(30)16-9-11-18(12-10-16)29-25(32)20-21(26(29)33)23(24(31)27(2,3)4)28-14-13-17-7-5-6-8-19(17)22(20)28/h5-14,20-23H,1-4H3/t20-,21+,22?,23-/m1/s1. The Kier molecular flexibility index (Phi) is 4.67. The molecule has 0 radical (unpaired) electrons.